The minimum Gasteiger partial charge on any atom is -0.467 e. The Labute approximate surface area is 131 Å². The molecule has 0 spiro atoms. The van der Waals surface area contributed by atoms with Gasteiger partial charge >= 0.3 is 24.5 Å². The molecule has 0 aromatic carbocycles. The van der Waals surface area contributed by atoms with Crippen LogP contribution in [0.25, 0.3) is 0 Å². The van der Waals surface area contributed by atoms with Crippen LogP contribution >= 0.6 is 11.8 Å². The topological polar surface area (TPSA) is 128 Å². The van der Waals surface area contributed by atoms with Crippen molar-refractivity contribution in [3.05, 3.63) is 0 Å². The molecule has 0 aliphatic heterocycles. The molecule has 0 aliphatic carbocycles. The van der Waals surface area contributed by atoms with Crippen LogP contribution in [0.15, 0.2) is 0 Å². The van der Waals surface area contributed by atoms with Crippen LogP contribution in [0, 0.1) is 5.92 Å². The van der Waals surface area contributed by atoms with Gasteiger partial charge in [-0.3, -0.25) is 9.59 Å². The predicted octanol–water partition coefficient (Wildman–Crippen LogP) is 0.00900. The molecule has 10 heteroatoms. The summed E-state index contributed by atoms with van der Waals surface area (Å²) >= 11 is 0.801. The molecule has 2 atom stereocenters. The summed E-state index contributed by atoms with van der Waals surface area (Å²) < 4.78 is 13.2. The van der Waals surface area contributed by atoms with Crippen LogP contribution < -0.4 is 5.32 Å². The highest BCUT2D eigenvalue weighted by Gasteiger charge is 2.25. The molecule has 0 heterocycles. The van der Waals surface area contributed by atoms with Crippen molar-refractivity contribution in [2.75, 3.05) is 12.9 Å². The number of hydrogen-bond donors (Lipinski definition) is 2. The molecule has 0 fully saturated rings. The molecule has 0 aliphatic rings. The summed E-state index contributed by atoms with van der Waals surface area (Å²) in [6.45, 7) is 2.25. The van der Waals surface area contributed by atoms with Crippen LogP contribution in [0.1, 0.15) is 20.8 Å². The third-order valence-corrected chi connectivity index (χ3v) is 3.03. The second kappa shape index (κ2) is 10.0. The third-order valence-electron chi connectivity index (χ3n) is 2.13. The summed E-state index contributed by atoms with van der Waals surface area (Å²) in [5.41, 5.74) is 0. The largest absolute Gasteiger partial charge is 0.467 e. The lowest BCUT2D eigenvalue weighted by Gasteiger charge is -2.18. The second-order valence-corrected chi connectivity index (χ2v) is 5.52. The Morgan fingerprint density at radius 1 is 1.14 bits per heavy atom. The third kappa shape index (κ3) is 8.47. The van der Waals surface area contributed by atoms with Crippen molar-refractivity contribution in [3.63, 3.8) is 0 Å². The number of methoxy groups -OCH3 is 1. The van der Waals surface area contributed by atoms with Crippen LogP contribution in [0.5, 0.6) is 0 Å². The van der Waals surface area contributed by atoms with Gasteiger partial charge in [0.15, 0.2) is 5.12 Å². The number of carbonyl (C=O) groups is 4. The van der Waals surface area contributed by atoms with Crippen molar-refractivity contribution in [1.82, 2.24) is 5.32 Å². The van der Waals surface area contributed by atoms with Gasteiger partial charge in [0.1, 0.15) is 6.04 Å². The van der Waals surface area contributed by atoms with Gasteiger partial charge in [0.25, 0.3) is 0 Å². The minimum absolute atomic E-state index is 0.0705. The lowest BCUT2D eigenvalue weighted by Crippen LogP contribution is -2.45. The molecule has 0 saturated carbocycles. The number of ether oxygens (including phenoxy) is 3. The zero-order valence-corrected chi connectivity index (χ0v) is 13.5. The first-order valence-corrected chi connectivity index (χ1v) is 7.22. The van der Waals surface area contributed by atoms with E-state index in [0.29, 0.717) is 0 Å². The van der Waals surface area contributed by atoms with E-state index in [4.69, 9.17) is 0 Å². The smallest absolute Gasteiger partial charge is 0.412 e. The number of aliphatic hydroxyl groups is 1. The van der Waals surface area contributed by atoms with E-state index in [2.05, 4.69) is 19.5 Å². The Balaban J connectivity index is 4.46. The summed E-state index contributed by atoms with van der Waals surface area (Å²) in [6, 6.07) is -1.15. The van der Waals surface area contributed by atoms with E-state index in [1.165, 1.54) is 20.8 Å². The molecule has 0 radical (unpaired) electrons. The molecule has 2 N–H and O–H groups in total. The highest BCUT2D eigenvalue weighted by atomic mass is 32.2. The molecule has 9 nitrogen and oxygen atoms in total. The van der Waals surface area contributed by atoms with E-state index < -0.39 is 36.5 Å². The Morgan fingerprint density at radius 3 is 2.18 bits per heavy atom. The fourth-order valence-electron chi connectivity index (χ4n) is 1.04. The molecule has 1 amide bonds. The van der Waals surface area contributed by atoms with Gasteiger partial charge < -0.3 is 24.6 Å². The number of amides is 1. The number of esters is 2. The molecule has 0 rings (SSSR count). The van der Waals surface area contributed by atoms with Gasteiger partial charge in [-0.1, -0.05) is 25.6 Å². The maximum Gasteiger partial charge on any atom is 0.412 e. The zero-order valence-electron chi connectivity index (χ0n) is 12.7. The van der Waals surface area contributed by atoms with Gasteiger partial charge in [-0.2, -0.15) is 0 Å². The van der Waals surface area contributed by atoms with Gasteiger partial charge in [-0.15, -0.1) is 0 Å². The molecule has 0 bridgehead atoms. The molecule has 0 saturated heterocycles. The SMILES string of the molecule is COC(=O)C(CSC(C)=O)NC(=O)OC(O)OC(=O)C(C)C. The molecule has 0 aromatic heterocycles. The van der Waals surface area contributed by atoms with E-state index in [0.717, 1.165) is 18.9 Å². The van der Waals surface area contributed by atoms with Crippen LogP contribution in [0.2, 0.25) is 0 Å². The monoisotopic (exact) mass is 337 g/mol. The summed E-state index contributed by atoms with van der Waals surface area (Å²) in [5, 5.41) is 11.1. The average Bonchev–Trinajstić information content (AvgIpc) is 2.41. The van der Waals surface area contributed by atoms with Crippen molar-refractivity contribution in [1.29, 1.82) is 0 Å². The predicted molar refractivity (Wildman–Crippen MR) is 75.5 cm³/mol. The molecule has 0 aromatic rings. The molecular formula is C12H19NO8S. The van der Waals surface area contributed by atoms with Crippen molar-refractivity contribution >= 4 is 34.9 Å². The molecule has 126 valence electrons. The highest BCUT2D eigenvalue weighted by molar-refractivity contribution is 8.13. The van der Waals surface area contributed by atoms with E-state index in [9.17, 15) is 24.3 Å². The number of aliphatic hydroxyl groups excluding tert-OH is 1. The number of hydrogen-bond acceptors (Lipinski definition) is 9. The Morgan fingerprint density at radius 2 is 1.73 bits per heavy atom. The first kappa shape index (κ1) is 20.2. The van der Waals surface area contributed by atoms with Gasteiger partial charge in [0.2, 0.25) is 0 Å². The molecule has 22 heavy (non-hydrogen) atoms. The fourth-order valence-corrected chi connectivity index (χ4v) is 1.66. The molecular weight excluding hydrogens is 318 g/mol. The van der Waals surface area contributed by atoms with Crippen molar-refractivity contribution in [2.45, 2.75) is 33.3 Å². The van der Waals surface area contributed by atoms with Crippen LogP contribution in [0.3, 0.4) is 0 Å². The maximum absolute atomic E-state index is 11.5. The van der Waals surface area contributed by atoms with Crippen molar-refractivity contribution in [3.8, 4) is 0 Å². The van der Waals surface area contributed by atoms with Gasteiger partial charge in [-0.25, -0.2) is 9.59 Å². The number of thioether (sulfide) groups is 1. The van der Waals surface area contributed by atoms with Gasteiger partial charge in [-0.05, 0) is 0 Å². The van der Waals surface area contributed by atoms with Crippen LogP contribution in [0.4, 0.5) is 4.79 Å². The molecule has 2 unspecified atom stereocenters. The van der Waals surface area contributed by atoms with Crippen LogP contribution in [-0.2, 0) is 28.6 Å². The summed E-state index contributed by atoms with van der Waals surface area (Å²) in [4.78, 5) is 45.0. The van der Waals surface area contributed by atoms with Gasteiger partial charge in [0, 0.05) is 12.7 Å². The Hall–Kier alpha value is -1.81. The highest BCUT2D eigenvalue weighted by Crippen LogP contribution is 2.06. The standard InChI is InChI=1S/C12H19NO8S/c1-6(2)9(15)20-12(18)21-11(17)13-8(10(16)19-4)5-22-7(3)14/h6,8,12,18H,5H2,1-4H3,(H,13,17). The average molecular weight is 337 g/mol. The first-order valence-electron chi connectivity index (χ1n) is 6.24. The minimum atomic E-state index is -2.10. The number of alkyl carbamates (subject to hydrolysis) is 1. The lowest BCUT2D eigenvalue weighted by atomic mass is 10.2. The lowest BCUT2D eigenvalue weighted by molar-refractivity contribution is -0.231. The van der Waals surface area contributed by atoms with Crippen molar-refractivity contribution in [2.24, 2.45) is 5.92 Å². The summed E-state index contributed by atoms with van der Waals surface area (Å²) in [5.74, 6) is -2.15. The maximum atomic E-state index is 11.5. The van der Waals surface area contributed by atoms with E-state index in [1.54, 1.807) is 0 Å². The summed E-state index contributed by atoms with van der Waals surface area (Å²) in [7, 11) is 1.11. The Bertz CT molecular complexity index is 425. The number of carbonyl (C=O) groups excluding carboxylic acids is 4. The number of rotatable bonds is 7. The van der Waals surface area contributed by atoms with Gasteiger partial charge in [0.05, 0.1) is 13.0 Å². The van der Waals surface area contributed by atoms with E-state index in [1.807, 2.05) is 0 Å². The summed E-state index contributed by atoms with van der Waals surface area (Å²) in [6.07, 6.45) is -1.20. The second-order valence-electron chi connectivity index (χ2n) is 4.33. The van der Waals surface area contributed by atoms with Crippen LogP contribution in [-0.4, -0.2) is 53.6 Å². The number of nitrogens with one attached hydrogen (secondary N) is 1. The van der Waals surface area contributed by atoms with Crippen molar-refractivity contribution < 1.29 is 38.5 Å². The van der Waals surface area contributed by atoms with E-state index in [-0.39, 0.29) is 10.9 Å². The normalized spacial score (nSPS) is 13.0. The zero-order chi connectivity index (χ0) is 17.3. The quantitative estimate of drug-likeness (QED) is 0.487. The fraction of sp³-hybridized carbons (Fsp3) is 0.667. The first-order chi connectivity index (χ1) is 10.2. The Kier molecular flexibility index (Phi) is 9.18. The van der Waals surface area contributed by atoms with E-state index >= 15 is 0 Å².